The molecule has 72 valence electrons. The molecule has 0 aliphatic rings. The molecule has 0 spiro atoms. The quantitative estimate of drug-likeness (QED) is 0.677. The first-order chi connectivity index (χ1) is 6.65. The number of carbonyl (C=O) groups excluding carboxylic acids is 1. The SMILES string of the molecule is CC(C)CC(=O)c1nccnc1C#N. The Hall–Kier alpha value is -1.76. The summed E-state index contributed by atoms with van der Waals surface area (Å²) in [5.74, 6) is 0.140. The fourth-order valence-corrected chi connectivity index (χ4v) is 1.09. The number of hydrogen-bond acceptors (Lipinski definition) is 4. The number of aromatic nitrogens is 2. The van der Waals surface area contributed by atoms with Crippen LogP contribution in [0.3, 0.4) is 0 Å². The molecule has 1 aromatic heterocycles. The van der Waals surface area contributed by atoms with Gasteiger partial charge >= 0.3 is 0 Å². The minimum absolute atomic E-state index is 0.109. The van der Waals surface area contributed by atoms with Gasteiger partial charge in [0.1, 0.15) is 11.8 Å². The molecule has 0 aromatic carbocycles. The van der Waals surface area contributed by atoms with Crippen LogP contribution in [0.15, 0.2) is 12.4 Å². The summed E-state index contributed by atoms with van der Waals surface area (Å²) in [7, 11) is 0. The second kappa shape index (κ2) is 4.47. The van der Waals surface area contributed by atoms with Crippen LogP contribution < -0.4 is 0 Å². The van der Waals surface area contributed by atoms with Gasteiger partial charge in [-0.3, -0.25) is 4.79 Å². The molecule has 4 heteroatoms. The van der Waals surface area contributed by atoms with E-state index in [-0.39, 0.29) is 23.1 Å². The third-order valence-corrected chi connectivity index (χ3v) is 1.66. The monoisotopic (exact) mass is 189 g/mol. The molecule has 14 heavy (non-hydrogen) atoms. The fraction of sp³-hybridized carbons (Fsp3) is 0.400. The van der Waals surface area contributed by atoms with Gasteiger partial charge in [0, 0.05) is 18.8 Å². The van der Waals surface area contributed by atoms with Crippen molar-refractivity contribution in [2.24, 2.45) is 5.92 Å². The number of nitrogens with zero attached hydrogens (tertiary/aromatic N) is 3. The van der Waals surface area contributed by atoms with Gasteiger partial charge in [0.25, 0.3) is 0 Å². The minimum Gasteiger partial charge on any atom is -0.292 e. The molecule has 0 fully saturated rings. The number of rotatable bonds is 3. The molecule has 1 rings (SSSR count). The molecule has 0 unspecified atom stereocenters. The molecule has 0 saturated heterocycles. The maximum atomic E-state index is 11.6. The largest absolute Gasteiger partial charge is 0.292 e. The molecule has 0 saturated carbocycles. The van der Waals surface area contributed by atoms with E-state index in [0.717, 1.165) is 0 Å². The van der Waals surface area contributed by atoms with Gasteiger partial charge in [-0.05, 0) is 5.92 Å². The summed E-state index contributed by atoms with van der Waals surface area (Å²) in [6.07, 6.45) is 3.23. The Morgan fingerprint density at radius 3 is 2.71 bits per heavy atom. The third kappa shape index (κ3) is 2.36. The van der Waals surface area contributed by atoms with Crippen molar-refractivity contribution >= 4 is 5.78 Å². The zero-order valence-electron chi connectivity index (χ0n) is 8.19. The minimum atomic E-state index is -0.121. The zero-order chi connectivity index (χ0) is 10.6. The summed E-state index contributed by atoms with van der Waals surface area (Å²) in [5, 5.41) is 8.70. The Kier molecular flexibility index (Phi) is 3.29. The second-order valence-corrected chi connectivity index (χ2v) is 3.39. The number of hydrogen-bond donors (Lipinski definition) is 0. The van der Waals surface area contributed by atoms with Crippen LogP contribution in [0.5, 0.6) is 0 Å². The molecular weight excluding hydrogens is 178 g/mol. The van der Waals surface area contributed by atoms with Crippen LogP contribution in [0.4, 0.5) is 0 Å². The van der Waals surface area contributed by atoms with E-state index in [1.165, 1.54) is 12.4 Å². The summed E-state index contributed by atoms with van der Waals surface area (Å²) >= 11 is 0. The van der Waals surface area contributed by atoms with Gasteiger partial charge in [-0.1, -0.05) is 13.8 Å². The topological polar surface area (TPSA) is 66.6 Å². The zero-order valence-corrected chi connectivity index (χ0v) is 8.19. The van der Waals surface area contributed by atoms with Crippen LogP contribution >= 0.6 is 0 Å². The summed E-state index contributed by atoms with van der Waals surface area (Å²) in [4.78, 5) is 19.2. The maximum Gasteiger partial charge on any atom is 0.184 e. The van der Waals surface area contributed by atoms with E-state index in [4.69, 9.17) is 5.26 Å². The molecule has 0 aliphatic carbocycles. The van der Waals surface area contributed by atoms with Gasteiger partial charge in [0.2, 0.25) is 0 Å². The van der Waals surface area contributed by atoms with Gasteiger partial charge < -0.3 is 0 Å². The van der Waals surface area contributed by atoms with Crippen LogP contribution in [-0.2, 0) is 0 Å². The molecule has 0 amide bonds. The van der Waals surface area contributed by atoms with Crippen molar-refractivity contribution in [3.63, 3.8) is 0 Å². The summed E-state index contributed by atoms with van der Waals surface area (Å²) in [5.41, 5.74) is 0.293. The van der Waals surface area contributed by atoms with Crippen molar-refractivity contribution in [1.29, 1.82) is 5.26 Å². The summed E-state index contributed by atoms with van der Waals surface area (Å²) in [6.45, 7) is 3.89. The van der Waals surface area contributed by atoms with Crippen molar-refractivity contribution in [3.8, 4) is 6.07 Å². The van der Waals surface area contributed by atoms with Gasteiger partial charge in [-0.2, -0.15) is 5.26 Å². The Morgan fingerprint density at radius 1 is 1.50 bits per heavy atom. The predicted molar refractivity (Wildman–Crippen MR) is 50.5 cm³/mol. The molecule has 1 heterocycles. The van der Waals surface area contributed by atoms with Gasteiger partial charge in [0.05, 0.1) is 0 Å². The lowest BCUT2D eigenvalue weighted by Gasteiger charge is -2.03. The van der Waals surface area contributed by atoms with E-state index in [9.17, 15) is 4.79 Å². The molecule has 1 aromatic rings. The van der Waals surface area contributed by atoms with E-state index >= 15 is 0 Å². The standard InChI is InChI=1S/C10H11N3O/c1-7(2)5-9(14)10-8(6-11)12-3-4-13-10/h3-4,7H,5H2,1-2H3. The van der Waals surface area contributed by atoms with Crippen molar-refractivity contribution < 1.29 is 4.79 Å². The first-order valence-electron chi connectivity index (χ1n) is 4.39. The fourth-order valence-electron chi connectivity index (χ4n) is 1.09. The van der Waals surface area contributed by atoms with Crippen LogP contribution in [0, 0.1) is 17.2 Å². The Balaban J connectivity index is 2.96. The van der Waals surface area contributed by atoms with Crippen LogP contribution in [0.2, 0.25) is 0 Å². The van der Waals surface area contributed by atoms with Crippen LogP contribution in [0.25, 0.3) is 0 Å². The van der Waals surface area contributed by atoms with Gasteiger partial charge in [-0.15, -0.1) is 0 Å². The first kappa shape index (κ1) is 10.3. The number of carbonyl (C=O) groups is 1. The predicted octanol–water partition coefficient (Wildman–Crippen LogP) is 1.58. The van der Waals surface area contributed by atoms with Gasteiger partial charge in [0.15, 0.2) is 11.5 Å². The molecule has 0 atom stereocenters. The van der Waals surface area contributed by atoms with Gasteiger partial charge in [-0.25, -0.2) is 9.97 Å². The Morgan fingerprint density at radius 2 is 2.14 bits per heavy atom. The third-order valence-electron chi connectivity index (χ3n) is 1.66. The van der Waals surface area contributed by atoms with Crippen molar-refractivity contribution in [2.45, 2.75) is 20.3 Å². The maximum absolute atomic E-state index is 11.6. The highest BCUT2D eigenvalue weighted by Gasteiger charge is 2.14. The number of nitriles is 1. The van der Waals surface area contributed by atoms with Crippen LogP contribution in [0.1, 0.15) is 36.5 Å². The average Bonchev–Trinajstić information content (AvgIpc) is 2.16. The summed E-state index contributed by atoms with van der Waals surface area (Å²) in [6, 6.07) is 1.86. The number of Topliss-reactive ketones (excluding diaryl/α,β-unsaturated/α-hetero) is 1. The van der Waals surface area contributed by atoms with Crippen molar-refractivity contribution in [3.05, 3.63) is 23.8 Å². The van der Waals surface area contributed by atoms with E-state index in [0.29, 0.717) is 6.42 Å². The van der Waals surface area contributed by atoms with E-state index in [2.05, 4.69) is 9.97 Å². The van der Waals surface area contributed by atoms with Crippen molar-refractivity contribution in [1.82, 2.24) is 9.97 Å². The number of ketones is 1. The Labute approximate surface area is 82.6 Å². The first-order valence-corrected chi connectivity index (χ1v) is 4.39. The average molecular weight is 189 g/mol. The summed E-state index contributed by atoms with van der Waals surface area (Å²) < 4.78 is 0. The molecule has 4 nitrogen and oxygen atoms in total. The molecule has 0 radical (unpaired) electrons. The smallest absolute Gasteiger partial charge is 0.184 e. The highest BCUT2D eigenvalue weighted by Crippen LogP contribution is 2.08. The van der Waals surface area contributed by atoms with E-state index in [1.807, 2.05) is 19.9 Å². The Bertz CT molecular complexity index is 379. The van der Waals surface area contributed by atoms with E-state index in [1.54, 1.807) is 0 Å². The molecule has 0 aliphatic heterocycles. The molecule has 0 N–H and O–H groups in total. The molecular formula is C10H11N3O. The van der Waals surface area contributed by atoms with Crippen LogP contribution in [-0.4, -0.2) is 15.8 Å². The normalized spacial score (nSPS) is 9.86. The van der Waals surface area contributed by atoms with E-state index < -0.39 is 0 Å². The highest BCUT2D eigenvalue weighted by atomic mass is 16.1. The lowest BCUT2D eigenvalue weighted by Crippen LogP contribution is -2.09. The highest BCUT2D eigenvalue weighted by molar-refractivity contribution is 5.95. The van der Waals surface area contributed by atoms with Crippen molar-refractivity contribution in [2.75, 3.05) is 0 Å². The lowest BCUT2D eigenvalue weighted by atomic mass is 10.0. The molecule has 0 bridgehead atoms. The lowest BCUT2D eigenvalue weighted by molar-refractivity contribution is 0.0962. The second-order valence-electron chi connectivity index (χ2n) is 3.39.